The van der Waals surface area contributed by atoms with Gasteiger partial charge >= 0.3 is 0 Å². The lowest BCUT2D eigenvalue weighted by Gasteiger charge is -2.10. The summed E-state index contributed by atoms with van der Waals surface area (Å²) in [6.45, 7) is 0.126. The van der Waals surface area contributed by atoms with Crippen molar-refractivity contribution in [3.05, 3.63) is 71.9 Å². The Balaban J connectivity index is 1.69. The number of rotatable bonds is 8. The molecule has 8 nitrogen and oxygen atoms in total. The van der Waals surface area contributed by atoms with Crippen molar-refractivity contribution in [2.75, 3.05) is 24.4 Å². The molecule has 3 rings (SSSR count). The van der Waals surface area contributed by atoms with E-state index in [1.807, 2.05) is 0 Å². The number of hydrogen-bond acceptors (Lipinski definition) is 5. The topological polar surface area (TPSA) is 94.5 Å². The normalized spacial score (nSPS) is 10.4. The number of nitrogens with zero attached hydrogens (tertiary/aromatic N) is 2. The standard InChI is InChI=1S/C24H22N4O4/c1-4-15-32-20-11-9-17(16-21(20)31-3)10-12-23(29)25-19-8-6-5-7-18(19)24(30)26-22-13-14-28(2)27-22/h1,5-14,16H,15H2,2-3H3,(H,25,29)(H,26,27,30)/b12-10+. The summed E-state index contributed by atoms with van der Waals surface area (Å²) >= 11 is 0. The fourth-order valence-electron chi connectivity index (χ4n) is 2.83. The zero-order valence-electron chi connectivity index (χ0n) is 17.7. The summed E-state index contributed by atoms with van der Waals surface area (Å²) in [6, 6.07) is 13.6. The summed E-state index contributed by atoms with van der Waals surface area (Å²) in [5.74, 6) is 3.05. The zero-order valence-corrected chi connectivity index (χ0v) is 17.7. The molecule has 0 aliphatic rings. The van der Waals surface area contributed by atoms with Crippen LogP contribution in [-0.2, 0) is 11.8 Å². The number of carbonyl (C=O) groups excluding carboxylic acids is 2. The highest BCUT2D eigenvalue weighted by molar-refractivity contribution is 6.11. The van der Waals surface area contributed by atoms with Crippen molar-refractivity contribution in [1.82, 2.24) is 9.78 Å². The summed E-state index contributed by atoms with van der Waals surface area (Å²) < 4.78 is 12.3. The van der Waals surface area contributed by atoms with Crippen LogP contribution < -0.4 is 20.1 Å². The van der Waals surface area contributed by atoms with Crippen molar-refractivity contribution in [3.8, 4) is 23.8 Å². The van der Waals surface area contributed by atoms with Crippen molar-refractivity contribution in [2.45, 2.75) is 0 Å². The van der Waals surface area contributed by atoms with E-state index in [1.165, 1.54) is 13.2 Å². The monoisotopic (exact) mass is 430 g/mol. The molecule has 1 heterocycles. The predicted molar refractivity (Wildman–Crippen MR) is 123 cm³/mol. The first-order valence-corrected chi connectivity index (χ1v) is 9.63. The van der Waals surface area contributed by atoms with Gasteiger partial charge in [-0.05, 0) is 35.9 Å². The Morgan fingerprint density at radius 3 is 2.69 bits per heavy atom. The van der Waals surface area contributed by atoms with Crippen molar-refractivity contribution < 1.29 is 19.1 Å². The molecule has 2 aromatic carbocycles. The number of ether oxygens (including phenoxy) is 2. The zero-order chi connectivity index (χ0) is 22.9. The Kier molecular flexibility index (Phi) is 7.28. The molecule has 1 aromatic heterocycles. The van der Waals surface area contributed by atoms with Crippen LogP contribution in [0.5, 0.6) is 11.5 Å². The van der Waals surface area contributed by atoms with Crippen LogP contribution in [0.1, 0.15) is 15.9 Å². The van der Waals surface area contributed by atoms with Crippen molar-refractivity contribution in [3.63, 3.8) is 0 Å². The molecule has 2 N–H and O–H groups in total. The predicted octanol–water partition coefficient (Wildman–Crippen LogP) is 3.34. The summed E-state index contributed by atoms with van der Waals surface area (Å²) in [7, 11) is 3.27. The minimum Gasteiger partial charge on any atom is -0.493 e. The Morgan fingerprint density at radius 1 is 1.16 bits per heavy atom. The van der Waals surface area contributed by atoms with Crippen molar-refractivity contribution in [1.29, 1.82) is 0 Å². The van der Waals surface area contributed by atoms with Gasteiger partial charge in [-0.3, -0.25) is 14.3 Å². The van der Waals surface area contributed by atoms with Crippen molar-refractivity contribution >= 4 is 29.4 Å². The van der Waals surface area contributed by atoms with Gasteiger partial charge in [-0.25, -0.2) is 0 Å². The number of para-hydroxylation sites is 1. The van der Waals surface area contributed by atoms with E-state index in [-0.39, 0.29) is 12.5 Å². The lowest BCUT2D eigenvalue weighted by Crippen LogP contribution is -2.17. The number of terminal acetylenes is 1. The third-order valence-electron chi connectivity index (χ3n) is 4.31. The lowest BCUT2D eigenvalue weighted by molar-refractivity contribution is -0.111. The summed E-state index contributed by atoms with van der Waals surface area (Å²) in [5, 5.41) is 9.56. The molecule has 162 valence electrons. The van der Waals surface area contributed by atoms with E-state index >= 15 is 0 Å². The van der Waals surface area contributed by atoms with E-state index in [0.717, 1.165) is 5.56 Å². The maximum Gasteiger partial charge on any atom is 0.258 e. The van der Waals surface area contributed by atoms with E-state index < -0.39 is 5.91 Å². The third kappa shape index (κ3) is 5.77. The number of methoxy groups -OCH3 is 1. The number of nitrogens with one attached hydrogen (secondary N) is 2. The second kappa shape index (κ2) is 10.5. The van der Waals surface area contributed by atoms with Crippen LogP contribution in [0.25, 0.3) is 6.08 Å². The molecule has 0 bridgehead atoms. The molecular formula is C24H22N4O4. The minimum absolute atomic E-state index is 0.126. The summed E-state index contributed by atoms with van der Waals surface area (Å²) in [4.78, 5) is 25.1. The average Bonchev–Trinajstić information content (AvgIpc) is 3.21. The quantitative estimate of drug-likeness (QED) is 0.422. The number of anilines is 2. The van der Waals surface area contributed by atoms with Gasteiger partial charge in [-0.15, -0.1) is 6.42 Å². The van der Waals surface area contributed by atoms with E-state index in [2.05, 4.69) is 21.7 Å². The first kappa shape index (κ1) is 22.2. The number of hydrogen-bond donors (Lipinski definition) is 2. The van der Waals surface area contributed by atoms with E-state index in [4.69, 9.17) is 15.9 Å². The highest BCUT2D eigenvalue weighted by Crippen LogP contribution is 2.28. The van der Waals surface area contributed by atoms with Gasteiger partial charge in [-0.2, -0.15) is 5.10 Å². The van der Waals surface area contributed by atoms with Gasteiger partial charge in [0.15, 0.2) is 17.3 Å². The number of amides is 2. The Hall–Kier alpha value is -4.51. The van der Waals surface area contributed by atoms with Gasteiger partial charge in [0.05, 0.1) is 18.4 Å². The first-order valence-electron chi connectivity index (χ1n) is 9.63. The molecule has 0 spiro atoms. The van der Waals surface area contributed by atoms with Crippen LogP contribution in [-0.4, -0.2) is 35.3 Å². The van der Waals surface area contributed by atoms with Gasteiger partial charge in [-0.1, -0.05) is 24.1 Å². The fourth-order valence-corrected chi connectivity index (χ4v) is 2.83. The number of carbonyl (C=O) groups is 2. The van der Waals surface area contributed by atoms with Gasteiger partial charge < -0.3 is 20.1 Å². The van der Waals surface area contributed by atoms with Crippen LogP contribution in [0.15, 0.2) is 60.8 Å². The Morgan fingerprint density at radius 2 is 1.97 bits per heavy atom. The second-order valence-corrected chi connectivity index (χ2v) is 6.60. The molecule has 32 heavy (non-hydrogen) atoms. The fraction of sp³-hybridized carbons (Fsp3) is 0.125. The summed E-state index contributed by atoms with van der Waals surface area (Å²) in [5.41, 5.74) is 1.43. The molecule has 0 aliphatic heterocycles. The maximum absolute atomic E-state index is 12.6. The van der Waals surface area contributed by atoms with Crippen LogP contribution in [0.4, 0.5) is 11.5 Å². The molecular weight excluding hydrogens is 408 g/mol. The van der Waals surface area contributed by atoms with Gasteiger partial charge in [0.2, 0.25) is 5.91 Å². The smallest absolute Gasteiger partial charge is 0.258 e. The minimum atomic E-state index is -0.394. The van der Waals surface area contributed by atoms with Crippen LogP contribution >= 0.6 is 0 Å². The lowest BCUT2D eigenvalue weighted by atomic mass is 10.1. The number of aromatic nitrogens is 2. The molecule has 8 heteroatoms. The van der Waals surface area contributed by atoms with Crippen LogP contribution in [0.3, 0.4) is 0 Å². The largest absolute Gasteiger partial charge is 0.493 e. The van der Waals surface area contributed by atoms with Gasteiger partial charge in [0, 0.05) is 25.4 Å². The molecule has 2 amide bonds. The Labute approximate surface area is 185 Å². The number of aryl methyl sites for hydroxylation is 1. The number of benzene rings is 2. The van der Waals surface area contributed by atoms with Gasteiger partial charge in [0.1, 0.15) is 6.61 Å². The molecule has 0 unspecified atom stereocenters. The molecule has 0 atom stereocenters. The molecule has 0 fully saturated rings. The van der Waals surface area contributed by atoms with Crippen molar-refractivity contribution in [2.24, 2.45) is 7.05 Å². The third-order valence-corrected chi connectivity index (χ3v) is 4.31. The SMILES string of the molecule is C#CCOc1ccc(/C=C/C(=O)Nc2ccccc2C(=O)Nc2ccn(C)n2)cc1OC. The van der Waals surface area contributed by atoms with E-state index in [0.29, 0.717) is 28.6 Å². The average molecular weight is 430 g/mol. The van der Waals surface area contributed by atoms with E-state index in [1.54, 1.807) is 72.5 Å². The molecule has 0 aliphatic carbocycles. The molecule has 0 radical (unpaired) electrons. The highest BCUT2D eigenvalue weighted by atomic mass is 16.5. The van der Waals surface area contributed by atoms with E-state index in [9.17, 15) is 9.59 Å². The van der Waals surface area contributed by atoms with Crippen LogP contribution in [0.2, 0.25) is 0 Å². The van der Waals surface area contributed by atoms with Gasteiger partial charge in [0.25, 0.3) is 5.91 Å². The molecule has 3 aromatic rings. The molecule has 0 saturated heterocycles. The Bertz CT molecular complexity index is 1190. The second-order valence-electron chi connectivity index (χ2n) is 6.60. The van der Waals surface area contributed by atoms with Crippen LogP contribution in [0, 0.1) is 12.3 Å². The summed E-state index contributed by atoms with van der Waals surface area (Å²) in [6.07, 6.45) is 9.92. The molecule has 0 saturated carbocycles. The first-order chi connectivity index (χ1) is 15.5. The maximum atomic E-state index is 12.6. The highest BCUT2D eigenvalue weighted by Gasteiger charge is 2.13.